The van der Waals surface area contributed by atoms with E-state index >= 15 is 0 Å². The van der Waals surface area contributed by atoms with Crippen LogP contribution in [0.1, 0.15) is 27.7 Å². The summed E-state index contributed by atoms with van der Waals surface area (Å²) >= 11 is 0. The molecule has 0 amide bonds. The summed E-state index contributed by atoms with van der Waals surface area (Å²) in [7, 11) is 5.88. The molecular weight excluding hydrogens is 644 g/mol. The fraction of sp³-hybridized carbons (Fsp3) is 1.00. The molecule has 6 fully saturated rings. The Morgan fingerprint density at radius 3 is 2.15 bits per heavy atom. The van der Waals surface area contributed by atoms with E-state index in [0.29, 0.717) is 0 Å². The Morgan fingerprint density at radius 1 is 0.771 bits per heavy atom. The van der Waals surface area contributed by atoms with Gasteiger partial charge in [-0.25, -0.2) is 0 Å². The minimum absolute atomic E-state index is 0.00852. The van der Waals surface area contributed by atoms with Crippen LogP contribution in [0.25, 0.3) is 0 Å². The van der Waals surface area contributed by atoms with E-state index in [-0.39, 0.29) is 44.6 Å². The third-order valence-electron chi connectivity index (χ3n) is 10.7. The molecular formula is C31H52O17. The molecule has 0 aliphatic carbocycles. The van der Waals surface area contributed by atoms with Gasteiger partial charge in [0.15, 0.2) is 25.0 Å². The van der Waals surface area contributed by atoms with Gasteiger partial charge in [-0.15, -0.1) is 0 Å². The van der Waals surface area contributed by atoms with E-state index in [0.717, 1.165) is 0 Å². The first-order valence-corrected chi connectivity index (χ1v) is 16.5. The van der Waals surface area contributed by atoms with Crippen molar-refractivity contribution >= 4 is 0 Å². The molecule has 6 heterocycles. The Kier molecular flexibility index (Phi) is 11.4. The fourth-order valence-electron chi connectivity index (χ4n) is 7.54. The zero-order valence-corrected chi connectivity index (χ0v) is 28.7. The van der Waals surface area contributed by atoms with Gasteiger partial charge >= 0.3 is 5.97 Å². The molecule has 3 N–H and O–H groups in total. The van der Waals surface area contributed by atoms with Gasteiger partial charge < -0.3 is 81.6 Å². The van der Waals surface area contributed by atoms with Crippen molar-refractivity contribution in [3.05, 3.63) is 0 Å². The molecule has 6 rings (SSSR count). The number of aliphatic hydroxyl groups excluding tert-OH is 2. The second kappa shape index (κ2) is 14.7. The van der Waals surface area contributed by atoms with E-state index in [1.54, 1.807) is 0 Å². The van der Waals surface area contributed by atoms with Gasteiger partial charge in [-0.3, -0.25) is 0 Å². The maximum Gasteiger partial charge on any atom is 0.314 e. The summed E-state index contributed by atoms with van der Waals surface area (Å²) in [6.45, 7) is 7.41. The molecule has 1 spiro atoms. The van der Waals surface area contributed by atoms with E-state index in [2.05, 4.69) is 0 Å². The van der Waals surface area contributed by atoms with Crippen LogP contribution in [0.15, 0.2) is 0 Å². The Balaban J connectivity index is 1.16. The first-order valence-electron chi connectivity index (χ1n) is 16.5. The largest absolute Gasteiger partial charge is 0.387 e. The predicted molar refractivity (Wildman–Crippen MR) is 157 cm³/mol. The lowest BCUT2D eigenvalue weighted by molar-refractivity contribution is -0.420. The molecule has 0 aromatic carbocycles. The summed E-state index contributed by atoms with van der Waals surface area (Å²) in [5.74, 6) is -1.96. The summed E-state index contributed by atoms with van der Waals surface area (Å²) in [4.78, 5) is 0. The van der Waals surface area contributed by atoms with Crippen LogP contribution in [0.4, 0.5) is 0 Å². The number of aliphatic hydroxyl groups is 3. The lowest BCUT2D eigenvalue weighted by Crippen LogP contribution is -2.68. The van der Waals surface area contributed by atoms with Gasteiger partial charge in [-0.1, -0.05) is 20.8 Å². The Labute approximate surface area is 280 Å². The highest BCUT2D eigenvalue weighted by molar-refractivity contribution is 5.07. The summed E-state index contributed by atoms with van der Waals surface area (Å²) in [5.41, 5.74) is -1.31. The van der Waals surface area contributed by atoms with Gasteiger partial charge in [0.05, 0.1) is 32.0 Å². The molecule has 278 valence electrons. The van der Waals surface area contributed by atoms with Gasteiger partial charge in [0.2, 0.25) is 0 Å². The molecule has 0 aromatic heterocycles. The molecule has 0 bridgehead atoms. The molecule has 0 radical (unpaired) electrons. The van der Waals surface area contributed by atoms with Crippen molar-refractivity contribution in [3.8, 4) is 0 Å². The second-order valence-corrected chi connectivity index (χ2v) is 13.7. The third-order valence-corrected chi connectivity index (χ3v) is 10.7. The lowest BCUT2D eigenvalue weighted by atomic mass is 9.80. The quantitative estimate of drug-likeness (QED) is 0.248. The molecule has 18 atom stereocenters. The van der Waals surface area contributed by atoms with Crippen LogP contribution in [0.3, 0.4) is 0 Å². The van der Waals surface area contributed by atoms with Crippen molar-refractivity contribution in [3.63, 3.8) is 0 Å². The second-order valence-electron chi connectivity index (χ2n) is 13.7. The zero-order chi connectivity index (χ0) is 34.5. The standard InChI is InChI=1S/C31H52O17/c1-13(2)30(34)11-42-31(26-25(30)40-12-41-26)47-17-10-39-28(24(38-8)22(17)48-31)46-29-23(37-7)18(32)21(16(44-29)9-35-5)45-27-19(33)20(36-6)14(3)15(4)43-27/h13-29,32-34H,9-12H2,1-8H3/t14-,15+,16+,17-,18-,19+,20-,21+,22+,23-,24+,25+,26+,27-,28-,29-,30+,31+/m0/s1. The highest BCUT2D eigenvalue weighted by Gasteiger charge is 2.69. The monoisotopic (exact) mass is 696 g/mol. The van der Waals surface area contributed by atoms with E-state index < -0.39 is 97.6 Å². The average Bonchev–Trinajstić information content (AvgIpc) is 3.71. The number of hydrogen-bond donors (Lipinski definition) is 3. The van der Waals surface area contributed by atoms with Crippen LogP contribution in [0.5, 0.6) is 0 Å². The van der Waals surface area contributed by atoms with Crippen LogP contribution >= 0.6 is 0 Å². The molecule has 6 aliphatic rings. The first kappa shape index (κ1) is 37.1. The third kappa shape index (κ3) is 6.36. The average molecular weight is 697 g/mol. The summed E-state index contributed by atoms with van der Waals surface area (Å²) < 4.78 is 83.7. The minimum Gasteiger partial charge on any atom is -0.387 e. The van der Waals surface area contributed by atoms with E-state index in [9.17, 15) is 15.3 Å². The number of hydrogen-bond acceptors (Lipinski definition) is 17. The van der Waals surface area contributed by atoms with E-state index in [1.165, 1.54) is 28.4 Å². The molecule has 17 heteroatoms. The van der Waals surface area contributed by atoms with E-state index in [1.807, 2.05) is 27.7 Å². The van der Waals surface area contributed by atoms with Gasteiger partial charge in [0.25, 0.3) is 0 Å². The molecule has 0 saturated carbocycles. The summed E-state index contributed by atoms with van der Waals surface area (Å²) in [6, 6.07) is 0. The van der Waals surface area contributed by atoms with Crippen molar-refractivity contribution in [1.29, 1.82) is 0 Å². The highest BCUT2D eigenvalue weighted by atomic mass is 16.9. The predicted octanol–water partition coefficient (Wildman–Crippen LogP) is -1.14. The highest BCUT2D eigenvalue weighted by Crippen LogP contribution is 2.49. The normalized spacial score (nSPS) is 52.5. The van der Waals surface area contributed by atoms with Crippen LogP contribution in [-0.4, -0.2) is 174 Å². The van der Waals surface area contributed by atoms with Crippen molar-refractivity contribution in [2.24, 2.45) is 11.8 Å². The SMILES string of the molecule is COC[C@H]1O[C@@H](O[C@@H]2OC[C@@H]3O[C@@]4(OC[C@@](O)(C(C)C)[C@@H]5OCO[C@H]54)O[C@H]3[C@H]2OC)[C@@H](OC)[C@@H](O)[C@@H]1O[C@@H]1O[C@H](C)[C@H](C)[C@H](OC)[C@H]1O. The van der Waals surface area contributed by atoms with Crippen LogP contribution < -0.4 is 0 Å². The summed E-state index contributed by atoms with van der Waals surface area (Å²) in [5, 5.41) is 33.9. The molecule has 0 aromatic rings. The number of fused-ring (bicyclic) bond motifs is 3. The molecule has 6 saturated heterocycles. The van der Waals surface area contributed by atoms with Crippen molar-refractivity contribution < 1.29 is 81.6 Å². The maximum absolute atomic E-state index is 11.6. The Morgan fingerprint density at radius 2 is 1.48 bits per heavy atom. The van der Waals surface area contributed by atoms with Crippen molar-refractivity contribution in [2.75, 3.05) is 55.1 Å². The van der Waals surface area contributed by atoms with Crippen LogP contribution in [0, 0.1) is 11.8 Å². The fourth-order valence-corrected chi connectivity index (χ4v) is 7.54. The van der Waals surface area contributed by atoms with Crippen molar-refractivity contribution in [1.82, 2.24) is 0 Å². The lowest BCUT2D eigenvalue weighted by Gasteiger charge is -2.48. The maximum atomic E-state index is 11.6. The number of ether oxygens (including phenoxy) is 14. The molecule has 48 heavy (non-hydrogen) atoms. The number of methoxy groups -OCH3 is 4. The number of rotatable bonds is 10. The summed E-state index contributed by atoms with van der Waals surface area (Å²) in [6.07, 6.45) is -13.5. The van der Waals surface area contributed by atoms with Crippen molar-refractivity contribution in [2.45, 2.75) is 131 Å². The molecule has 6 aliphatic heterocycles. The molecule has 0 unspecified atom stereocenters. The van der Waals surface area contributed by atoms with Gasteiger partial charge in [-0.2, -0.15) is 0 Å². The molecule has 17 nitrogen and oxygen atoms in total. The van der Waals surface area contributed by atoms with Crippen LogP contribution in [-0.2, 0) is 66.3 Å². The van der Waals surface area contributed by atoms with Gasteiger partial charge in [-0.05, 0) is 12.8 Å². The topological polar surface area (TPSA) is 190 Å². The smallest absolute Gasteiger partial charge is 0.314 e. The minimum atomic E-state index is -1.67. The first-order chi connectivity index (χ1) is 22.9. The van der Waals surface area contributed by atoms with Crippen LogP contribution in [0.2, 0.25) is 0 Å². The van der Waals surface area contributed by atoms with E-state index in [4.69, 9.17) is 66.3 Å². The van der Waals surface area contributed by atoms with Gasteiger partial charge in [0.1, 0.15) is 67.3 Å². The zero-order valence-electron chi connectivity index (χ0n) is 28.7. The van der Waals surface area contributed by atoms with Gasteiger partial charge in [0, 0.05) is 34.4 Å². The Bertz CT molecular complexity index is 1070. The Hall–Kier alpha value is -0.680.